The van der Waals surface area contributed by atoms with Gasteiger partial charge in [-0.05, 0) is 17.7 Å². The zero-order chi connectivity index (χ0) is 10.7. The molecule has 4 heteroatoms. The molecule has 0 saturated heterocycles. The molecule has 80 valence electrons. The summed E-state index contributed by atoms with van der Waals surface area (Å²) in [6.45, 7) is 2.74. The smallest absolute Gasteiger partial charge is 0.194 e. The molecule has 3 nitrogen and oxygen atoms in total. The van der Waals surface area contributed by atoms with Crippen molar-refractivity contribution < 1.29 is 0 Å². The van der Waals surface area contributed by atoms with Gasteiger partial charge in [-0.3, -0.25) is 4.99 Å². The minimum absolute atomic E-state index is 0.822. The third kappa shape index (κ3) is 2.72. The predicted octanol–water partition coefficient (Wildman–Crippen LogP) is 1.84. The number of nitrogens with one attached hydrogen (secondary N) is 1. The maximum absolute atomic E-state index is 4.37. The van der Waals surface area contributed by atoms with E-state index in [0.717, 1.165) is 30.1 Å². The summed E-state index contributed by atoms with van der Waals surface area (Å²) in [6, 6.07) is 8.29. The largest absolute Gasteiger partial charge is 0.352 e. The highest BCUT2D eigenvalue weighted by Gasteiger charge is 2.10. The van der Waals surface area contributed by atoms with Crippen molar-refractivity contribution in [3.05, 3.63) is 34.3 Å². The van der Waals surface area contributed by atoms with Crippen molar-refractivity contribution in [2.75, 3.05) is 20.1 Å². The van der Waals surface area contributed by atoms with Crippen LogP contribution in [0.3, 0.4) is 0 Å². The summed E-state index contributed by atoms with van der Waals surface area (Å²) in [5.74, 6) is 0.995. The van der Waals surface area contributed by atoms with E-state index in [9.17, 15) is 0 Å². The first kappa shape index (κ1) is 10.5. The summed E-state index contributed by atoms with van der Waals surface area (Å²) in [4.78, 5) is 6.51. The summed E-state index contributed by atoms with van der Waals surface area (Å²) < 4.78 is 1.11. The van der Waals surface area contributed by atoms with E-state index >= 15 is 0 Å². The number of halogens is 1. The molecule has 1 aromatic rings. The number of hydrogen-bond acceptors (Lipinski definition) is 3. The Morgan fingerprint density at radius 2 is 2.40 bits per heavy atom. The molecule has 1 aromatic carbocycles. The van der Waals surface area contributed by atoms with E-state index in [-0.39, 0.29) is 0 Å². The Bertz CT molecular complexity index is 376. The van der Waals surface area contributed by atoms with E-state index in [0.29, 0.717) is 0 Å². The zero-order valence-corrected chi connectivity index (χ0v) is 10.3. The summed E-state index contributed by atoms with van der Waals surface area (Å²) in [5, 5.41) is 3.33. The van der Waals surface area contributed by atoms with Crippen molar-refractivity contribution in [3.8, 4) is 0 Å². The molecule has 2 rings (SSSR count). The maximum atomic E-state index is 4.37. The Labute approximate surface area is 98.3 Å². The van der Waals surface area contributed by atoms with Crippen LogP contribution >= 0.6 is 15.9 Å². The third-order valence-corrected chi connectivity index (χ3v) is 2.89. The number of nitrogens with zero attached hydrogens (tertiary/aromatic N) is 2. The lowest BCUT2D eigenvalue weighted by Crippen LogP contribution is -2.35. The fourth-order valence-electron chi connectivity index (χ4n) is 1.55. The van der Waals surface area contributed by atoms with Crippen LogP contribution in [0.5, 0.6) is 0 Å². The van der Waals surface area contributed by atoms with Crippen molar-refractivity contribution in [1.29, 1.82) is 0 Å². The van der Waals surface area contributed by atoms with Crippen molar-refractivity contribution in [2.24, 2.45) is 4.99 Å². The molecular weight excluding hydrogens is 254 g/mol. The van der Waals surface area contributed by atoms with Crippen LogP contribution < -0.4 is 5.32 Å². The topological polar surface area (TPSA) is 27.6 Å². The molecule has 0 aliphatic carbocycles. The van der Waals surface area contributed by atoms with Crippen LogP contribution in [0, 0.1) is 0 Å². The predicted molar refractivity (Wildman–Crippen MR) is 65.9 cm³/mol. The van der Waals surface area contributed by atoms with Crippen LogP contribution in [0.2, 0.25) is 0 Å². The Kier molecular flexibility index (Phi) is 3.26. The first-order valence-corrected chi connectivity index (χ1v) is 5.79. The second-order valence-electron chi connectivity index (χ2n) is 3.61. The SMILES string of the molecule is CN1CCN=C1NCc1cccc(Br)c1. The molecule has 0 atom stereocenters. The molecule has 1 aliphatic heterocycles. The van der Waals surface area contributed by atoms with Crippen LogP contribution in [-0.4, -0.2) is 31.0 Å². The molecule has 0 radical (unpaired) electrons. The van der Waals surface area contributed by atoms with Crippen molar-refractivity contribution in [1.82, 2.24) is 10.2 Å². The van der Waals surface area contributed by atoms with Gasteiger partial charge in [0, 0.05) is 24.6 Å². The molecule has 0 amide bonds. The van der Waals surface area contributed by atoms with E-state index in [1.807, 2.05) is 12.1 Å². The van der Waals surface area contributed by atoms with Gasteiger partial charge in [-0.2, -0.15) is 0 Å². The monoisotopic (exact) mass is 267 g/mol. The highest BCUT2D eigenvalue weighted by molar-refractivity contribution is 9.10. The molecule has 1 N–H and O–H groups in total. The number of aliphatic imine (C=N–C) groups is 1. The molecule has 0 saturated carbocycles. The highest BCUT2D eigenvalue weighted by atomic mass is 79.9. The van der Waals surface area contributed by atoms with Crippen molar-refractivity contribution in [2.45, 2.75) is 6.54 Å². The molecule has 0 spiro atoms. The van der Waals surface area contributed by atoms with Crippen LogP contribution in [-0.2, 0) is 6.54 Å². The molecule has 0 unspecified atom stereocenters. The highest BCUT2D eigenvalue weighted by Crippen LogP contribution is 2.11. The number of benzene rings is 1. The third-order valence-electron chi connectivity index (χ3n) is 2.40. The second kappa shape index (κ2) is 4.66. The number of hydrogen-bond donors (Lipinski definition) is 1. The molecule has 1 aliphatic rings. The Morgan fingerprint density at radius 3 is 3.07 bits per heavy atom. The molecule has 1 heterocycles. The second-order valence-corrected chi connectivity index (χ2v) is 4.53. The van der Waals surface area contributed by atoms with Gasteiger partial charge in [0.05, 0.1) is 6.54 Å². The minimum Gasteiger partial charge on any atom is -0.352 e. The number of rotatable bonds is 2. The van der Waals surface area contributed by atoms with Gasteiger partial charge in [0.25, 0.3) is 0 Å². The van der Waals surface area contributed by atoms with Gasteiger partial charge >= 0.3 is 0 Å². The lowest BCUT2D eigenvalue weighted by Gasteiger charge is -2.15. The molecule has 0 fully saturated rings. The van der Waals surface area contributed by atoms with Crippen molar-refractivity contribution in [3.63, 3.8) is 0 Å². The molecule has 0 bridgehead atoms. The Balaban J connectivity index is 1.93. The molecule has 0 aromatic heterocycles. The first-order chi connectivity index (χ1) is 7.25. The maximum Gasteiger partial charge on any atom is 0.194 e. The lowest BCUT2D eigenvalue weighted by molar-refractivity contribution is 0.534. The average molecular weight is 268 g/mol. The first-order valence-electron chi connectivity index (χ1n) is 4.99. The van der Waals surface area contributed by atoms with Crippen LogP contribution in [0.1, 0.15) is 5.56 Å². The summed E-state index contributed by atoms with van der Waals surface area (Å²) in [5.41, 5.74) is 1.26. The van der Waals surface area contributed by atoms with Gasteiger partial charge in [0.1, 0.15) is 0 Å². The van der Waals surface area contributed by atoms with Crippen LogP contribution in [0.15, 0.2) is 33.7 Å². The molecular formula is C11H14BrN3. The van der Waals surface area contributed by atoms with Crippen molar-refractivity contribution >= 4 is 21.9 Å². The Morgan fingerprint density at radius 1 is 1.53 bits per heavy atom. The molecule has 15 heavy (non-hydrogen) atoms. The van der Waals surface area contributed by atoms with Gasteiger partial charge < -0.3 is 10.2 Å². The van der Waals surface area contributed by atoms with E-state index in [1.54, 1.807) is 0 Å². The summed E-state index contributed by atoms with van der Waals surface area (Å²) >= 11 is 3.46. The minimum atomic E-state index is 0.822. The van der Waals surface area contributed by atoms with Gasteiger partial charge in [0.2, 0.25) is 0 Å². The number of guanidine groups is 1. The fraction of sp³-hybridized carbons (Fsp3) is 0.364. The van der Waals surface area contributed by atoms with E-state index in [4.69, 9.17) is 0 Å². The van der Waals surface area contributed by atoms with Gasteiger partial charge in [-0.25, -0.2) is 0 Å². The normalized spacial score (nSPS) is 15.3. The van der Waals surface area contributed by atoms with Gasteiger partial charge in [-0.15, -0.1) is 0 Å². The van der Waals surface area contributed by atoms with Crippen LogP contribution in [0.4, 0.5) is 0 Å². The van der Waals surface area contributed by atoms with E-state index in [1.165, 1.54) is 5.56 Å². The van der Waals surface area contributed by atoms with Crippen LogP contribution in [0.25, 0.3) is 0 Å². The fourth-order valence-corrected chi connectivity index (χ4v) is 2.00. The summed E-state index contributed by atoms with van der Waals surface area (Å²) in [7, 11) is 2.06. The average Bonchev–Trinajstić information content (AvgIpc) is 2.61. The quantitative estimate of drug-likeness (QED) is 0.886. The summed E-state index contributed by atoms with van der Waals surface area (Å²) in [6.07, 6.45) is 0. The van der Waals surface area contributed by atoms with E-state index < -0.39 is 0 Å². The Hall–Kier alpha value is -1.03. The number of likely N-dealkylation sites (N-methyl/N-ethyl adjacent to an activating group) is 1. The van der Waals surface area contributed by atoms with E-state index in [2.05, 4.69) is 50.3 Å². The standard InChI is InChI=1S/C11H14BrN3/c1-15-6-5-13-11(15)14-8-9-3-2-4-10(12)7-9/h2-4,7H,5-6,8H2,1H3,(H,13,14). The zero-order valence-electron chi connectivity index (χ0n) is 8.70. The lowest BCUT2D eigenvalue weighted by atomic mass is 10.2. The van der Waals surface area contributed by atoms with Gasteiger partial charge in [-0.1, -0.05) is 28.1 Å². The van der Waals surface area contributed by atoms with Gasteiger partial charge in [0.15, 0.2) is 5.96 Å².